The molecule has 4 nitrogen and oxygen atoms in total. The van der Waals surface area contributed by atoms with Crippen LogP contribution in [0.25, 0.3) is 0 Å². The van der Waals surface area contributed by atoms with Gasteiger partial charge in [0.05, 0.1) is 5.69 Å². The first-order valence-corrected chi connectivity index (χ1v) is 8.05. The minimum atomic E-state index is -0.185. The van der Waals surface area contributed by atoms with Crippen molar-refractivity contribution in [2.45, 2.75) is 18.2 Å². The Morgan fingerprint density at radius 3 is 2.73 bits per heavy atom. The minimum Gasteiger partial charge on any atom is -0.325 e. The van der Waals surface area contributed by atoms with Crippen LogP contribution in [-0.2, 0) is 4.79 Å². The fourth-order valence-corrected chi connectivity index (χ4v) is 3.14. The monoisotopic (exact) mass is 312 g/mol. The predicted octanol–water partition coefficient (Wildman–Crippen LogP) is 3.68. The third-order valence-corrected chi connectivity index (χ3v) is 4.49. The highest BCUT2D eigenvalue weighted by molar-refractivity contribution is 7.99. The Hall–Kier alpha value is -2.27. The Balaban J connectivity index is 1.81. The van der Waals surface area contributed by atoms with Crippen LogP contribution in [0.15, 0.2) is 47.4 Å². The number of carbonyl (C=O) groups is 2. The molecule has 0 aliphatic carbocycles. The molecule has 0 aromatic heterocycles. The zero-order chi connectivity index (χ0) is 15.5. The van der Waals surface area contributed by atoms with Crippen LogP contribution < -0.4 is 10.6 Å². The first-order valence-electron chi connectivity index (χ1n) is 7.06. The summed E-state index contributed by atoms with van der Waals surface area (Å²) in [6, 6.07) is 13.0. The first kappa shape index (κ1) is 14.7. The van der Waals surface area contributed by atoms with E-state index >= 15 is 0 Å². The molecule has 2 N–H and O–H groups in total. The number of aryl methyl sites for hydroxylation is 1. The Kier molecular flexibility index (Phi) is 4.15. The average Bonchev–Trinajstić information content (AvgIpc) is 2.69. The average molecular weight is 312 g/mol. The molecule has 2 aromatic rings. The van der Waals surface area contributed by atoms with Gasteiger partial charge in [-0.25, -0.2) is 0 Å². The highest BCUT2D eigenvalue weighted by Gasteiger charge is 2.15. The number of thioether (sulfide) groups is 1. The smallest absolute Gasteiger partial charge is 0.255 e. The van der Waals surface area contributed by atoms with Gasteiger partial charge in [0.25, 0.3) is 5.91 Å². The van der Waals surface area contributed by atoms with Crippen molar-refractivity contribution in [1.82, 2.24) is 0 Å². The summed E-state index contributed by atoms with van der Waals surface area (Å²) in [6.07, 6.45) is 0.490. The number of fused-ring (bicyclic) bond motifs is 1. The van der Waals surface area contributed by atoms with Crippen LogP contribution in [0.4, 0.5) is 11.4 Å². The number of hydrogen-bond donors (Lipinski definition) is 2. The maximum atomic E-state index is 12.3. The third-order valence-electron chi connectivity index (χ3n) is 3.41. The molecule has 5 heteroatoms. The fourth-order valence-electron chi connectivity index (χ4n) is 2.20. The molecule has 0 bridgehead atoms. The van der Waals surface area contributed by atoms with Gasteiger partial charge in [0, 0.05) is 28.3 Å². The molecular weight excluding hydrogens is 296 g/mol. The predicted molar refractivity (Wildman–Crippen MR) is 89.5 cm³/mol. The molecule has 2 aromatic carbocycles. The van der Waals surface area contributed by atoms with Crippen molar-refractivity contribution in [2.24, 2.45) is 0 Å². The number of hydrogen-bond acceptors (Lipinski definition) is 3. The molecule has 0 saturated carbocycles. The fraction of sp³-hybridized carbons (Fsp3) is 0.176. The normalized spacial score (nSPS) is 13.8. The molecule has 1 aliphatic heterocycles. The number of amides is 2. The minimum absolute atomic E-state index is 0.0117. The maximum absolute atomic E-state index is 12.3. The third kappa shape index (κ3) is 3.31. The van der Waals surface area contributed by atoms with E-state index in [0.29, 0.717) is 17.7 Å². The van der Waals surface area contributed by atoms with Gasteiger partial charge in [-0.1, -0.05) is 17.7 Å². The van der Waals surface area contributed by atoms with Crippen molar-refractivity contribution in [3.8, 4) is 0 Å². The Morgan fingerprint density at radius 2 is 1.95 bits per heavy atom. The van der Waals surface area contributed by atoms with E-state index in [1.165, 1.54) is 0 Å². The molecule has 1 aliphatic rings. The van der Waals surface area contributed by atoms with Crippen LogP contribution in [0.3, 0.4) is 0 Å². The number of carbonyl (C=O) groups excluding carboxylic acids is 2. The van der Waals surface area contributed by atoms with E-state index in [-0.39, 0.29) is 11.8 Å². The van der Waals surface area contributed by atoms with Crippen molar-refractivity contribution in [1.29, 1.82) is 0 Å². The lowest BCUT2D eigenvalue weighted by molar-refractivity contribution is -0.115. The van der Waals surface area contributed by atoms with Crippen molar-refractivity contribution < 1.29 is 9.59 Å². The van der Waals surface area contributed by atoms with Gasteiger partial charge in [0.1, 0.15) is 0 Å². The molecule has 112 valence electrons. The SMILES string of the molecule is Cc1ccc(NC(=O)c2ccc3c(c2)NC(=O)CCS3)cc1. The lowest BCUT2D eigenvalue weighted by atomic mass is 10.1. The van der Waals surface area contributed by atoms with Gasteiger partial charge in [-0.2, -0.15) is 0 Å². The van der Waals surface area contributed by atoms with E-state index in [1.54, 1.807) is 23.9 Å². The summed E-state index contributed by atoms with van der Waals surface area (Å²) < 4.78 is 0. The largest absolute Gasteiger partial charge is 0.325 e. The van der Waals surface area contributed by atoms with E-state index in [1.807, 2.05) is 37.3 Å². The molecule has 0 radical (unpaired) electrons. The number of nitrogens with one attached hydrogen (secondary N) is 2. The second-order valence-corrected chi connectivity index (χ2v) is 6.31. The topological polar surface area (TPSA) is 58.2 Å². The molecule has 2 amide bonds. The quantitative estimate of drug-likeness (QED) is 0.889. The van der Waals surface area contributed by atoms with Gasteiger partial charge >= 0.3 is 0 Å². The summed E-state index contributed by atoms with van der Waals surface area (Å²) in [5, 5.41) is 5.71. The lowest BCUT2D eigenvalue weighted by Crippen LogP contribution is -2.14. The van der Waals surface area contributed by atoms with Crippen molar-refractivity contribution >= 4 is 35.0 Å². The van der Waals surface area contributed by atoms with Gasteiger partial charge in [-0.15, -0.1) is 11.8 Å². The van der Waals surface area contributed by atoms with Crippen LogP contribution in [0, 0.1) is 6.92 Å². The summed E-state index contributed by atoms with van der Waals surface area (Å²) in [5.74, 6) is 0.561. The molecule has 0 saturated heterocycles. The van der Waals surface area contributed by atoms with Crippen LogP contribution in [0.2, 0.25) is 0 Å². The summed E-state index contributed by atoms with van der Waals surface area (Å²) in [5.41, 5.74) is 3.14. The molecule has 3 rings (SSSR count). The zero-order valence-electron chi connectivity index (χ0n) is 12.2. The molecular formula is C17H16N2O2S. The number of benzene rings is 2. The zero-order valence-corrected chi connectivity index (χ0v) is 13.0. The van der Waals surface area contributed by atoms with Crippen LogP contribution in [0.1, 0.15) is 22.3 Å². The number of anilines is 2. The van der Waals surface area contributed by atoms with Crippen molar-refractivity contribution in [3.63, 3.8) is 0 Å². The second-order valence-electron chi connectivity index (χ2n) is 5.18. The van der Waals surface area contributed by atoms with E-state index in [0.717, 1.165) is 21.9 Å². The number of rotatable bonds is 2. The second kappa shape index (κ2) is 6.23. The molecule has 0 unspecified atom stereocenters. The van der Waals surface area contributed by atoms with Gasteiger partial charge < -0.3 is 10.6 Å². The summed E-state index contributed by atoms with van der Waals surface area (Å²) in [4.78, 5) is 24.9. The van der Waals surface area contributed by atoms with E-state index < -0.39 is 0 Å². The summed E-state index contributed by atoms with van der Waals surface area (Å²) in [6.45, 7) is 2.00. The highest BCUT2D eigenvalue weighted by Crippen LogP contribution is 2.31. The maximum Gasteiger partial charge on any atom is 0.255 e. The Labute approximate surface area is 133 Å². The lowest BCUT2D eigenvalue weighted by Gasteiger charge is -2.10. The highest BCUT2D eigenvalue weighted by atomic mass is 32.2. The summed E-state index contributed by atoms with van der Waals surface area (Å²) >= 11 is 1.62. The molecule has 0 spiro atoms. The van der Waals surface area contributed by atoms with Crippen LogP contribution in [0.5, 0.6) is 0 Å². The van der Waals surface area contributed by atoms with Crippen molar-refractivity contribution in [2.75, 3.05) is 16.4 Å². The summed E-state index contributed by atoms with van der Waals surface area (Å²) in [7, 11) is 0. The molecule has 22 heavy (non-hydrogen) atoms. The van der Waals surface area contributed by atoms with Gasteiger partial charge in [0.2, 0.25) is 5.91 Å². The van der Waals surface area contributed by atoms with E-state index in [2.05, 4.69) is 10.6 Å². The van der Waals surface area contributed by atoms with E-state index in [4.69, 9.17) is 0 Å². The van der Waals surface area contributed by atoms with Gasteiger partial charge in [-0.05, 0) is 37.3 Å². The van der Waals surface area contributed by atoms with Crippen LogP contribution in [-0.4, -0.2) is 17.6 Å². The van der Waals surface area contributed by atoms with Gasteiger partial charge in [-0.3, -0.25) is 9.59 Å². The molecule has 0 atom stereocenters. The van der Waals surface area contributed by atoms with Crippen molar-refractivity contribution in [3.05, 3.63) is 53.6 Å². The molecule has 1 heterocycles. The Bertz CT molecular complexity index is 726. The first-order chi connectivity index (χ1) is 10.6. The Morgan fingerprint density at radius 1 is 1.18 bits per heavy atom. The van der Waals surface area contributed by atoms with Crippen LogP contribution >= 0.6 is 11.8 Å². The van der Waals surface area contributed by atoms with E-state index in [9.17, 15) is 9.59 Å². The molecule has 0 fully saturated rings. The van der Waals surface area contributed by atoms with Gasteiger partial charge in [0.15, 0.2) is 0 Å². The standard InChI is InChI=1S/C17H16N2O2S/c1-11-2-5-13(6-3-11)18-17(21)12-4-7-15-14(10-12)19-16(20)8-9-22-15/h2-7,10H,8-9H2,1H3,(H,18,21)(H,19,20).